The Kier molecular flexibility index (Phi) is 9.66. The fourth-order valence-corrected chi connectivity index (χ4v) is 6.16. The first-order valence-electron chi connectivity index (χ1n) is 15.7. The van der Waals surface area contributed by atoms with E-state index in [1.807, 2.05) is 24.3 Å². The first-order chi connectivity index (χ1) is 21.8. The van der Waals surface area contributed by atoms with Crippen molar-refractivity contribution in [1.29, 1.82) is 0 Å². The van der Waals surface area contributed by atoms with Crippen molar-refractivity contribution in [2.75, 3.05) is 57.3 Å². The molecule has 2 aliphatic heterocycles. The highest BCUT2D eigenvalue weighted by atomic mass is 16.4. The summed E-state index contributed by atoms with van der Waals surface area (Å²) in [4.78, 5) is 42.9. The predicted molar refractivity (Wildman–Crippen MR) is 177 cm³/mol. The largest absolute Gasteiger partial charge is 0.478 e. The van der Waals surface area contributed by atoms with E-state index in [0.29, 0.717) is 31.7 Å². The highest BCUT2D eigenvalue weighted by Gasteiger charge is 2.28. The molecule has 1 aliphatic carbocycles. The lowest BCUT2D eigenvalue weighted by Crippen LogP contribution is -2.50. The van der Waals surface area contributed by atoms with E-state index in [1.54, 1.807) is 9.80 Å². The zero-order valence-electron chi connectivity index (χ0n) is 26.5. The molecular formula is C36H41N4O5+. The molecule has 0 saturated carbocycles. The number of hydrogen-bond acceptors (Lipinski definition) is 5. The van der Waals surface area contributed by atoms with Crippen LogP contribution in [0.4, 0.5) is 5.69 Å². The molecule has 0 bridgehead atoms. The minimum absolute atomic E-state index is 0.111. The number of hydrogen-bond donors (Lipinski definition) is 1. The van der Waals surface area contributed by atoms with Crippen LogP contribution in [0.2, 0.25) is 0 Å². The Hall–Kier alpha value is -4.92. The van der Waals surface area contributed by atoms with Gasteiger partial charge in [-0.3, -0.25) is 9.59 Å². The molecule has 0 spiro atoms. The van der Waals surface area contributed by atoms with Gasteiger partial charge in [0.05, 0.1) is 6.07 Å². The number of amides is 2. The molecule has 2 aromatic carbocycles. The number of carboxylic acid groups (broad SMARTS) is 1. The Balaban J connectivity index is 1.61. The van der Waals surface area contributed by atoms with Gasteiger partial charge < -0.3 is 24.2 Å². The molecule has 5 rings (SSSR count). The summed E-state index contributed by atoms with van der Waals surface area (Å²) in [5.41, 5.74) is 5.11. The lowest BCUT2D eigenvalue weighted by atomic mass is 9.90. The number of benzene rings is 3. The smallest absolute Gasteiger partial charge is 0.328 e. The van der Waals surface area contributed by atoms with Crippen LogP contribution in [0.5, 0.6) is 0 Å². The van der Waals surface area contributed by atoms with E-state index in [2.05, 4.69) is 73.6 Å². The van der Waals surface area contributed by atoms with Crippen LogP contribution in [0.1, 0.15) is 38.1 Å². The van der Waals surface area contributed by atoms with Crippen LogP contribution in [-0.2, 0) is 9.59 Å². The monoisotopic (exact) mass is 609 g/mol. The molecule has 1 N–H and O–H groups in total. The van der Waals surface area contributed by atoms with E-state index >= 15 is 0 Å². The molecule has 45 heavy (non-hydrogen) atoms. The van der Waals surface area contributed by atoms with Gasteiger partial charge in [0, 0.05) is 91.3 Å². The number of fused-ring (bicyclic) bond motifs is 2. The Morgan fingerprint density at radius 3 is 2.20 bits per heavy atom. The van der Waals surface area contributed by atoms with Crippen LogP contribution < -0.4 is 14.8 Å². The molecule has 2 aromatic rings. The van der Waals surface area contributed by atoms with Crippen molar-refractivity contribution in [1.82, 2.24) is 14.4 Å². The molecule has 9 nitrogen and oxygen atoms in total. The van der Waals surface area contributed by atoms with Crippen LogP contribution in [0.25, 0.3) is 33.4 Å². The van der Waals surface area contributed by atoms with Crippen LogP contribution in [0.3, 0.4) is 0 Å². The summed E-state index contributed by atoms with van der Waals surface area (Å²) in [7, 11) is 0. The lowest BCUT2D eigenvalue weighted by molar-refractivity contribution is -0.132. The van der Waals surface area contributed by atoms with Gasteiger partial charge in [-0.05, 0) is 57.5 Å². The van der Waals surface area contributed by atoms with Crippen molar-refractivity contribution < 1.29 is 23.9 Å². The third kappa shape index (κ3) is 6.48. The number of carboxylic acids is 1. The standard InChI is InChI=1S/C36H40N4O5/c1-5-37(6-2)25-13-15-29-31(23-25)45-32-24-26(38(7-3)8-4)14-16-30(32)35(29)27-11-9-10-12-28(27)36(44)40-21-19-39(20-22-40)33(41)17-18-34(42)43/h9-18,23-24H,5-8,19-22H2,1-4H3/p+1. The highest BCUT2D eigenvalue weighted by molar-refractivity contribution is 6.09. The third-order valence-electron chi connectivity index (χ3n) is 8.62. The van der Waals surface area contributed by atoms with Gasteiger partial charge in [0.15, 0.2) is 0 Å². The molecule has 0 atom stereocenters. The SMILES string of the molecule is CCN(CC)c1ccc2c(-c3ccccc3C(=O)N3CCN(C(=O)C=CC(=O)O)CC3)c3ccc(=[N+](CC)CC)cc-3oc2c1. The lowest BCUT2D eigenvalue weighted by Gasteiger charge is -2.34. The van der Waals surface area contributed by atoms with Crippen molar-refractivity contribution in [2.45, 2.75) is 27.7 Å². The van der Waals surface area contributed by atoms with Gasteiger partial charge in [-0.25, -0.2) is 9.37 Å². The summed E-state index contributed by atoms with van der Waals surface area (Å²) in [6, 6.07) is 20.3. The highest BCUT2D eigenvalue weighted by Crippen LogP contribution is 2.42. The third-order valence-corrected chi connectivity index (χ3v) is 8.62. The normalized spacial score (nSPS) is 13.5. The predicted octanol–water partition coefficient (Wildman–Crippen LogP) is 4.79. The second-order valence-corrected chi connectivity index (χ2v) is 11.0. The minimum Gasteiger partial charge on any atom is -0.478 e. The van der Waals surface area contributed by atoms with Gasteiger partial charge in [0.2, 0.25) is 11.3 Å². The Bertz CT molecular complexity index is 1790. The molecule has 3 aliphatic rings. The quantitative estimate of drug-likeness (QED) is 0.167. The number of carbonyl (C=O) groups excluding carboxylic acids is 2. The van der Waals surface area contributed by atoms with Crippen molar-refractivity contribution in [3.63, 3.8) is 0 Å². The van der Waals surface area contributed by atoms with Crippen LogP contribution in [0, 0.1) is 0 Å². The second kappa shape index (κ2) is 13.8. The fourth-order valence-electron chi connectivity index (χ4n) is 6.16. The minimum atomic E-state index is -1.17. The van der Waals surface area contributed by atoms with E-state index in [4.69, 9.17) is 9.52 Å². The van der Waals surface area contributed by atoms with Crippen molar-refractivity contribution in [3.8, 4) is 22.5 Å². The van der Waals surface area contributed by atoms with E-state index < -0.39 is 5.97 Å². The maximum atomic E-state index is 14.1. The number of anilines is 1. The number of rotatable bonds is 9. The Labute approximate surface area is 263 Å². The van der Waals surface area contributed by atoms with Gasteiger partial charge >= 0.3 is 5.97 Å². The molecule has 9 heteroatoms. The van der Waals surface area contributed by atoms with Crippen LogP contribution >= 0.6 is 0 Å². The topological polar surface area (TPSA) is 97.3 Å². The van der Waals surface area contributed by atoms with E-state index in [0.717, 1.165) is 82.8 Å². The van der Waals surface area contributed by atoms with Gasteiger partial charge in [0.1, 0.15) is 24.4 Å². The second-order valence-electron chi connectivity index (χ2n) is 11.0. The Morgan fingerprint density at radius 2 is 1.53 bits per heavy atom. The first-order valence-corrected chi connectivity index (χ1v) is 15.7. The fraction of sp³-hybridized carbons (Fsp3) is 0.333. The maximum Gasteiger partial charge on any atom is 0.328 e. The number of piperazine rings is 1. The summed E-state index contributed by atoms with van der Waals surface area (Å²) in [6.07, 6.45) is 1.90. The molecule has 234 valence electrons. The summed E-state index contributed by atoms with van der Waals surface area (Å²) >= 11 is 0. The molecule has 0 unspecified atom stereocenters. The van der Waals surface area contributed by atoms with Crippen LogP contribution in [0.15, 0.2) is 77.2 Å². The number of carbonyl (C=O) groups is 3. The van der Waals surface area contributed by atoms with Gasteiger partial charge in [0.25, 0.3) is 5.91 Å². The van der Waals surface area contributed by atoms with Gasteiger partial charge in [-0.15, -0.1) is 0 Å². The molecular weight excluding hydrogens is 568 g/mol. The van der Waals surface area contributed by atoms with Crippen molar-refractivity contribution in [2.24, 2.45) is 0 Å². The molecule has 1 fully saturated rings. The zero-order valence-corrected chi connectivity index (χ0v) is 26.5. The molecule has 0 aromatic heterocycles. The summed E-state index contributed by atoms with van der Waals surface area (Å²) in [5.74, 6) is -0.900. The zero-order chi connectivity index (χ0) is 32.1. The number of aliphatic carboxylic acids is 1. The van der Waals surface area contributed by atoms with Crippen molar-refractivity contribution >= 4 is 34.4 Å². The average Bonchev–Trinajstić information content (AvgIpc) is 3.07. The van der Waals surface area contributed by atoms with Crippen LogP contribution in [-0.4, -0.2) is 85.0 Å². The van der Waals surface area contributed by atoms with E-state index in [-0.39, 0.29) is 11.8 Å². The summed E-state index contributed by atoms with van der Waals surface area (Å²) in [6.45, 7) is 13.4. The first kappa shape index (κ1) is 31.5. The molecule has 2 heterocycles. The molecule has 0 radical (unpaired) electrons. The van der Waals surface area contributed by atoms with Crippen molar-refractivity contribution in [3.05, 3.63) is 83.7 Å². The van der Waals surface area contributed by atoms with Gasteiger partial charge in [-0.1, -0.05) is 18.2 Å². The average molecular weight is 610 g/mol. The molecule has 1 saturated heterocycles. The Morgan fingerprint density at radius 1 is 0.844 bits per heavy atom. The van der Waals surface area contributed by atoms with E-state index in [9.17, 15) is 14.4 Å². The van der Waals surface area contributed by atoms with E-state index in [1.165, 1.54) is 0 Å². The van der Waals surface area contributed by atoms with Gasteiger partial charge in [-0.2, -0.15) is 0 Å². The maximum absolute atomic E-state index is 14.1. The number of nitrogens with zero attached hydrogens (tertiary/aromatic N) is 4. The summed E-state index contributed by atoms with van der Waals surface area (Å²) in [5, 5.41) is 10.9. The molecule has 2 amide bonds. The summed E-state index contributed by atoms with van der Waals surface area (Å²) < 4.78 is 8.91.